The van der Waals surface area contributed by atoms with E-state index in [2.05, 4.69) is 15.9 Å². The van der Waals surface area contributed by atoms with E-state index in [9.17, 15) is 15.2 Å². The topological polar surface area (TPSA) is 70.3 Å². The molecule has 2 aromatic carbocycles. The average molecular weight is 358 g/mol. The van der Waals surface area contributed by atoms with Crippen molar-refractivity contribution in [1.29, 1.82) is 5.26 Å². The van der Waals surface area contributed by atoms with Crippen molar-refractivity contribution >= 4 is 27.8 Å². The zero-order valence-electron chi connectivity index (χ0n) is 11.7. The van der Waals surface area contributed by atoms with Gasteiger partial charge in [-0.2, -0.15) is 5.26 Å². The highest BCUT2D eigenvalue weighted by molar-refractivity contribution is 9.10. The molecular formula is C17H12BrNO3. The van der Waals surface area contributed by atoms with Gasteiger partial charge in [-0.15, -0.1) is 0 Å². The van der Waals surface area contributed by atoms with Crippen molar-refractivity contribution in [3.05, 3.63) is 63.6 Å². The first-order valence-electron chi connectivity index (χ1n) is 6.35. The molecular weight excluding hydrogens is 346 g/mol. The van der Waals surface area contributed by atoms with Crippen LogP contribution in [0, 0.1) is 11.3 Å². The van der Waals surface area contributed by atoms with Gasteiger partial charge in [-0.05, 0) is 23.8 Å². The van der Waals surface area contributed by atoms with Gasteiger partial charge in [0.2, 0.25) is 5.78 Å². The number of nitrogens with zero attached hydrogens (tertiary/aromatic N) is 1. The molecule has 0 heterocycles. The van der Waals surface area contributed by atoms with Crippen LogP contribution < -0.4 is 4.74 Å². The molecule has 0 aliphatic carbocycles. The van der Waals surface area contributed by atoms with Crippen LogP contribution in [0.1, 0.15) is 15.9 Å². The first-order chi connectivity index (χ1) is 10.6. The largest absolute Gasteiger partial charge is 0.504 e. The van der Waals surface area contributed by atoms with Crippen LogP contribution in [-0.4, -0.2) is 18.0 Å². The number of halogens is 1. The maximum absolute atomic E-state index is 12.3. The molecule has 5 heteroatoms. The lowest BCUT2D eigenvalue weighted by Gasteiger charge is -2.07. The number of ether oxygens (including phenoxy) is 1. The van der Waals surface area contributed by atoms with E-state index < -0.39 is 0 Å². The fourth-order valence-corrected chi connectivity index (χ4v) is 2.32. The predicted octanol–water partition coefficient (Wildman–Crippen LogP) is 3.95. The Morgan fingerprint density at radius 1 is 1.32 bits per heavy atom. The molecule has 0 aliphatic heterocycles. The Balaban J connectivity index is 2.44. The molecule has 0 aromatic heterocycles. The molecule has 0 fully saturated rings. The Hall–Kier alpha value is -2.58. The molecule has 110 valence electrons. The molecule has 4 nitrogen and oxygen atoms in total. The third-order valence-electron chi connectivity index (χ3n) is 3.00. The van der Waals surface area contributed by atoms with Gasteiger partial charge in [0, 0.05) is 10.0 Å². The zero-order chi connectivity index (χ0) is 16.1. The second-order valence-corrected chi connectivity index (χ2v) is 5.26. The van der Waals surface area contributed by atoms with Crippen molar-refractivity contribution < 1.29 is 14.6 Å². The van der Waals surface area contributed by atoms with E-state index in [0.29, 0.717) is 21.3 Å². The van der Waals surface area contributed by atoms with Crippen molar-refractivity contribution in [2.45, 2.75) is 0 Å². The fourth-order valence-electron chi connectivity index (χ4n) is 1.88. The van der Waals surface area contributed by atoms with E-state index in [4.69, 9.17) is 4.74 Å². The number of phenols is 1. The van der Waals surface area contributed by atoms with Crippen molar-refractivity contribution in [2.24, 2.45) is 0 Å². The molecule has 0 amide bonds. The second kappa shape index (κ2) is 6.92. The van der Waals surface area contributed by atoms with Gasteiger partial charge in [0.15, 0.2) is 11.5 Å². The van der Waals surface area contributed by atoms with Crippen LogP contribution in [0.4, 0.5) is 0 Å². The minimum Gasteiger partial charge on any atom is -0.504 e. The first-order valence-corrected chi connectivity index (χ1v) is 7.14. The SMILES string of the molecule is COc1cc(Br)c(C=C(C#N)C(=O)c2ccccc2)cc1O. The van der Waals surface area contributed by atoms with Crippen molar-refractivity contribution in [2.75, 3.05) is 7.11 Å². The summed E-state index contributed by atoms with van der Waals surface area (Å²) in [4.78, 5) is 12.3. The lowest BCUT2D eigenvalue weighted by molar-refractivity contribution is 0.104. The van der Waals surface area contributed by atoms with Gasteiger partial charge >= 0.3 is 0 Å². The molecule has 0 radical (unpaired) electrons. The molecule has 2 aromatic rings. The molecule has 1 N–H and O–H groups in total. The number of aromatic hydroxyl groups is 1. The number of phenolic OH excluding ortho intramolecular Hbond substituents is 1. The number of hydrogen-bond acceptors (Lipinski definition) is 4. The van der Waals surface area contributed by atoms with Crippen LogP contribution in [0.3, 0.4) is 0 Å². The number of methoxy groups -OCH3 is 1. The smallest absolute Gasteiger partial charge is 0.203 e. The number of carbonyl (C=O) groups excluding carboxylic acids is 1. The minimum absolute atomic E-state index is 0.0172. The molecule has 0 unspecified atom stereocenters. The molecule has 0 atom stereocenters. The summed E-state index contributed by atoms with van der Waals surface area (Å²) in [6, 6.07) is 13.5. The van der Waals surface area contributed by atoms with Gasteiger partial charge in [-0.25, -0.2) is 0 Å². The van der Waals surface area contributed by atoms with Gasteiger partial charge in [0.25, 0.3) is 0 Å². The summed E-state index contributed by atoms with van der Waals surface area (Å²) in [5, 5.41) is 19.1. The Morgan fingerprint density at radius 2 is 2.00 bits per heavy atom. The normalized spacial score (nSPS) is 10.9. The van der Waals surface area contributed by atoms with Gasteiger partial charge in [0.05, 0.1) is 7.11 Å². The standard InChI is InChI=1S/C17H12BrNO3/c1-22-16-9-14(18)12(8-15(16)20)7-13(10-19)17(21)11-5-3-2-4-6-11/h2-9,20H,1H3. The number of Topliss-reactive ketones (excluding diaryl/α,β-unsaturated/α-hetero) is 1. The van der Waals surface area contributed by atoms with Crippen LogP contribution in [0.15, 0.2) is 52.5 Å². The summed E-state index contributed by atoms with van der Waals surface area (Å²) < 4.78 is 5.60. The fraction of sp³-hybridized carbons (Fsp3) is 0.0588. The van der Waals surface area contributed by atoms with Crippen LogP contribution in [0.25, 0.3) is 6.08 Å². The molecule has 0 saturated carbocycles. The molecule has 2 rings (SSSR count). The van der Waals surface area contributed by atoms with E-state index in [1.54, 1.807) is 36.4 Å². The highest BCUT2D eigenvalue weighted by atomic mass is 79.9. The zero-order valence-corrected chi connectivity index (χ0v) is 13.3. The van der Waals surface area contributed by atoms with Gasteiger partial charge in [-0.3, -0.25) is 4.79 Å². The summed E-state index contributed by atoms with van der Waals surface area (Å²) in [5.74, 6) is -0.136. The Kier molecular flexibility index (Phi) is 4.97. The molecule has 0 spiro atoms. The summed E-state index contributed by atoms with van der Waals surface area (Å²) in [6.45, 7) is 0. The van der Waals surface area contributed by atoms with E-state index in [-0.39, 0.29) is 17.1 Å². The third kappa shape index (κ3) is 3.35. The van der Waals surface area contributed by atoms with Crippen LogP contribution in [0.2, 0.25) is 0 Å². The number of nitriles is 1. The van der Waals surface area contributed by atoms with E-state index in [0.717, 1.165) is 0 Å². The first kappa shape index (κ1) is 15.8. The highest BCUT2D eigenvalue weighted by Gasteiger charge is 2.13. The number of benzene rings is 2. The maximum Gasteiger partial charge on any atom is 0.203 e. The number of carbonyl (C=O) groups is 1. The Labute approximate surface area is 136 Å². The summed E-state index contributed by atoms with van der Waals surface area (Å²) in [5.41, 5.74) is 0.930. The van der Waals surface area contributed by atoms with Crippen molar-refractivity contribution in [3.63, 3.8) is 0 Å². The van der Waals surface area contributed by atoms with Crippen molar-refractivity contribution in [1.82, 2.24) is 0 Å². The van der Waals surface area contributed by atoms with Gasteiger partial charge < -0.3 is 9.84 Å². The quantitative estimate of drug-likeness (QED) is 0.510. The third-order valence-corrected chi connectivity index (χ3v) is 3.69. The maximum atomic E-state index is 12.3. The van der Waals surface area contributed by atoms with Crippen molar-refractivity contribution in [3.8, 4) is 17.6 Å². The summed E-state index contributed by atoms with van der Waals surface area (Å²) >= 11 is 3.33. The lowest BCUT2D eigenvalue weighted by atomic mass is 10.0. The van der Waals surface area contributed by atoms with Crippen LogP contribution >= 0.6 is 15.9 Å². The van der Waals surface area contributed by atoms with Gasteiger partial charge in [0.1, 0.15) is 11.6 Å². The van der Waals surface area contributed by atoms with Crippen LogP contribution in [0.5, 0.6) is 11.5 Å². The summed E-state index contributed by atoms with van der Waals surface area (Å²) in [6.07, 6.45) is 1.43. The number of ketones is 1. The second-order valence-electron chi connectivity index (χ2n) is 4.41. The van der Waals surface area contributed by atoms with Crippen LogP contribution in [-0.2, 0) is 0 Å². The number of hydrogen-bond donors (Lipinski definition) is 1. The van der Waals surface area contributed by atoms with E-state index >= 15 is 0 Å². The summed E-state index contributed by atoms with van der Waals surface area (Å²) in [7, 11) is 1.44. The number of allylic oxidation sites excluding steroid dienone is 1. The monoisotopic (exact) mass is 357 g/mol. The average Bonchev–Trinajstić information content (AvgIpc) is 2.55. The highest BCUT2D eigenvalue weighted by Crippen LogP contribution is 2.33. The minimum atomic E-state index is -0.370. The predicted molar refractivity (Wildman–Crippen MR) is 86.7 cm³/mol. The lowest BCUT2D eigenvalue weighted by Crippen LogP contribution is -2.01. The molecule has 0 bridgehead atoms. The molecule has 0 saturated heterocycles. The Bertz CT molecular complexity index is 776. The Morgan fingerprint density at radius 3 is 2.59 bits per heavy atom. The molecule has 22 heavy (non-hydrogen) atoms. The number of rotatable bonds is 4. The van der Waals surface area contributed by atoms with E-state index in [1.807, 2.05) is 6.07 Å². The van der Waals surface area contributed by atoms with E-state index in [1.165, 1.54) is 19.3 Å². The molecule has 0 aliphatic rings. The van der Waals surface area contributed by atoms with Gasteiger partial charge in [-0.1, -0.05) is 46.3 Å².